The highest BCUT2D eigenvalue weighted by Gasteiger charge is 2.10. The molecule has 0 bridgehead atoms. The summed E-state index contributed by atoms with van der Waals surface area (Å²) in [6, 6.07) is 0.765. The second-order valence-corrected chi connectivity index (χ2v) is 4.60. The zero-order chi connectivity index (χ0) is 11.5. The minimum atomic E-state index is 0.704. The van der Waals surface area contributed by atoms with Gasteiger partial charge in [0.05, 0.1) is 13.2 Å². The first-order valence-electron chi connectivity index (χ1n) is 6.73. The Hall–Kier alpha value is -0.120. The van der Waals surface area contributed by atoms with Gasteiger partial charge in [-0.3, -0.25) is 0 Å². The number of hydrogen-bond donors (Lipinski definition) is 1. The quantitative estimate of drug-likeness (QED) is 0.512. The number of methoxy groups -OCH3 is 1. The molecular weight excluding hydrogens is 202 g/mol. The fourth-order valence-corrected chi connectivity index (χ4v) is 2.21. The molecule has 0 aliphatic heterocycles. The zero-order valence-corrected chi connectivity index (χ0v) is 10.7. The maximum atomic E-state index is 5.42. The molecule has 96 valence electrons. The molecule has 1 aliphatic carbocycles. The zero-order valence-electron chi connectivity index (χ0n) is 10.7. The van der Waals surface area contributed by atoms with Crippen LogP contribution in [0.5, 0.6) is 0 Å². The maximum absolute atomic E-state index is 5.42. The van der Waals surface area contributed by atoms with E-state index in [1.165, 1.54) is 38.5 Å². The molecule has 0 aromatic heterocycles. The Morgan fingerprint density at radius 3 is 2.44 bits per heavy atom. The van der Waals surface area contributed by atoms with E-state index >= 15 is 0 Å². The van der Waals surface area contributed by atoms with E-state index in [1.54, 1.807) is 7.11 Å². The smallest absolute Gasteiger partial charge is 0.0700 e. The third-order valence-electron chi connectivity index (χ3n) is 3.19. The topological polar surface area (TPSA) is 30.5 Å². The minimum absolute atomic E-state index is 0.704. The predicted molar refractivity (Wildman–Crippen MR) is 66.8 cm³/mol. The van der Waals surface area contributed by atoms with Crippen molar-refractivity contribution in [3.63, 3.8) is 0 Å². The van der Waals surface area contributed by atoms with Gasteiger partial charge in [0.1, 0.15) is 0 Å². The van der Waals surface area contributed by atoms with Gasteiger partial charge in [-0.05, 0) is 25.8 Å². The molecule has 3 nitrogen and oxygen atoms in total. The summed E-state index contributed by atoms with van der Waals surface area (Å²) in [7, 11) is 1.71. The van der Waals surface area contributed by atoms with E-state index in [4.69, 9.17) is 9.47 Å². The Morgan fingerprint density at radius 1 is 1.00 bits per heavy atom. The molecule has 0 aromatic carbocycles. The summed E-state index contributed by atoms with van der Waals surface area (Å²) in [5.74, 6) is 0. The van der Waals surface area contributed by atoms with Crippen LogP contribution >= 0.6 is 0 Å². The largest absolute Gasteiger partial charge is 0.382 e. The van der Waals surface area contributed by atoms with Crippen LogP contribution in [0.25, 0.3) is 0 Å². The van der Waals surface area contributed by atoms with Gasteiger partial charge >= 0.3 is 0 Å². The van der Waals surface area contributed by atoms with E-state index in [2.05, 4.69) is 5.32 Å². The lowest BCUT2D eigenvalue weighted by molar-refractivity contribution is 0.0692. The van der Waals surface area contributed by atoms with E-state index in [1.807, 2.05) is 0 Å². The fraction of sp³-hybridized carbons (Fsp3) is 1.00. The first kappa shape index (κ1) is 13.9. The number of rotatable bonds is 8. The summed E-state index contributed by atoms with van der Waals surface area (Å²) in [6.45, 7) is 3.37. The summed E-state index contributed by atoms with van der Waals surface area (Å²) in [4.78, 5) is 0. The minimum Gasteiger partial charge on any atom is -0.382 e. The van der Waals surface area contributed by atoms with Crippen molar-refractivity contribution in [1.82, 2.24) is 5.32 Å². The van der Waals surface area contributed by atoms with Crippen LogP contribution in [0.4, 0.5) is 0 Å². The van der Waals surface area contributed by atoms with Gasteiger partial charge in [0.25, 0.3) is 0 Å². The maximum Gasteiger partial charge on any atom is 0.0700 e. The second-order valence-electron chi connectivity index (χ2n) is 4.60. The van der Waals surface area contributed by atoms with Crippen molar-refractivity contribution in [1.29, 1.82) is 0 Å². The Labute approximate surface area is 99.9 Å². The monoisotopic (exact) mass is 229 g/mol. The second kappa shape index (κ2) is 10.1. The molecule has 0 aromatic rings. The summed E-state index contributed by atoms with van der Waals surface area (Å²) in [5, 5.41) is 3.64. The van der Waals surface area contributed by atoms with Crippen molar-refractivity contribution in [3.05, 3.63) is 0 Å². The molecule has 3 heteroatoms. The van der Waals surface area contributed by atoms with Gasteiger partial charge in [-0.1, -0.05) is 25.7 Å². The van der Waals surface area contributed by atoms with Crippen LogP contribution in [0.1, 0.15) is 44.9 Å². The van der Waals surface area contributed by atoms with Gasteiger partial charge in [0, 0.05) is 19.8 Å². The standard InChI is InChI=1S/C13H27NO2/c1-15-11-12-16-10-6-9-14-13-7-4-2-3-5-8-13/h13-14H,2-12H2,1H3. The molecule has 16 heavy (non-hydrogen) atoms. The van der Waals surface area contributed by atoms with Crippen LogP contribution in [0.15, 0.2) is 0 Å². The molecule has 0 spiro atoms. The molecule has 1 saturated carbocycles. The molecule has 0 amide bonds. The van der Waals surface area contributed by atoms with Crippen LogP contribution in [0.2, 0.25) is 0 Å². The highest BCUT2D eigenvalue weighted by atomic mass is 16.5. The molecule has 0 heterocycles. The summed E-state index contributed by atoms with van der Waals surface area (Å²) >= 11 is 0. The van der Waals surface area contributed by atoms with Crippen LogP contribution in [0.3, 0.4) is 0 Å². The number of ether oxygens (including phenoxy) is 2. The molecule has 1 aliphatic rings. The molecule has 1 rings (SSSR count). The first-order chi connectivity index (χ1) is 7.93. The van der Waals surface area contributed by atoms with Crippen molar-refractivity contribution in [2.75, 3.05) is 33.5 Å². The van der Waals surface area contributed by atoms with Gasteiger partial charge in [-0.15, -0.1) is 0 Å². The number of nitrogens with one attached hydrogen (secondary N) is 1. The fourth-order valence-electron chi connectivity index (χ4n) is 2.21. The van der Waals surface area contributed by atoms with Gasteiger partial charge in [0.2, 0.25) is 0 Å². The molecule has 1 fully saturated rings. The molecule has 1 N–H and O–H groups in total. The Balaban J connectivity index is 1.86. The van der Waals surface area contributed by atoms with Crippen LogP contribution in [-0.4, -0.2) is 39.5 Å². The Morgan fingerprint density at radius 2 is 1.75 bits per heavy atom. The summed E-state index contributed by atoms with van der Waals surface area (Å²) in [6.07, 6.45) is 9.51. The van der Waals surface area contributed by atoms with E-state index in [0.29, 0.717) is 6.61 Å². The van der Waals surface area contributed by atoms with E-state index in [-0.39, 0.29) is 0 Å². The Bertz CT molecular complexity index is 145. The van der Waals surface area contributed by atoms with Gasteiger partial charge in [-0.2, -0.15) is 0 Å². The predicted octanol–water partition coefficient (Wildman–Crippen LogP) is 2.35. The van der Waals surface area contributed by atoms with E-state index < -0.39 is 0 Å². The number of hydrogen-bond acceptors (Lipinski definition) is 3. The van der Waals surface area contributed by atoms with Gasteiger partial charge in [0.15, 0.2) is 0 Å². The molecule has 0 unspecified atom stereocenters. The van der Waals surface area contributed by atoms with E-state index in [9.17, 15) is 0 Å². The van der Waals surface area contributed by atoms with Crippen LogP contribution < -0.4 is 5.32 Å². The van der Waals surface area contributed by atoms with Crippen molar-refractivity contribution in [3.8, 4) is 0 Å². The van der Waals surface area contributed by atoms with Crippen LogP contribution in [0, 0.1) is 0 Å². The highest BCUT2D eigenvalue weighted by Crippen LogP contribution is 2.16. The average molecular weight is 229 g/mol. The lowest BCUT2D eigenvalue weighted by atomic mass is 10.1. The van der Waals surface area contributed by atoms with Crippen molar-refractivity contribution >= 4 is 0 Å². The molecular formula is C13H27NO2. The molecule has 0 atom stereocenters. The van der Waals surface area contributed by atoms with Crippen LogP contribution in [-0.2, 0) is 9.47 Å². The van der Waals surface area contributed by atoms with Crippen molar-refractivity contribution < 1.29 is 9.47 Å². The average Bonchev–Trinajstić information content (AvgIpc) is 2.56. The lowest BCUT2D eigenvalue weighted by Gasteiger charge is -2.15. The normalized spacial score (nSPS) is 18.6. The third kappa shape index (κ3) is 7.20. The highest BCUT2D eigenvalue weighted by molar-refractivity contribution is 4.70. The summed E-state index contributed by atoms with van der Waals surface area (Å²) < 4.78 is 10.3. The summed E-state index contributed by atoms with van der Waals surface area (Å²) in [5.41, 5.74) is 0. The third-order valence-corrected chi connectivity index (χ3v) is 3.19. The molecule has 0 saturated heterocycles. The van der Waals surface area contributed by atoms with Gasteiger partial charge < -0.3 is 14.8 Å². The van der Waals surface area contributed by atoms with Gasteiger partial charge in [-0.25, -0.2) is 0 Å². The van der Waals surface area contributed by atoms with Crippen molar-refractivity contribution in [2.45, 2.75) is 51.0 Å². The van der Waals surface area contributed by atoms with Crippen molar-refractivity contribution in [2.24, 2.45) is 0 Å². The SMILES string of the molecule is COCCOCCCNC1CCCCCC1. The lowest BCUT2D eigenvalue weighted by Crippen LogP contribution is -2.29. The van der Waals surface area contributed by atoms with E-state index in [0.717, 1.165) is 32.2 Å². The first-order valence-corrected chi connectivity index (χ1v) is 6.73. The molecule has 0 radical (unpaired) electrons. The Kier molecular flexibility index (Phi) is 8.77.